The lowest BCUT2D eigenvalue weighted by Gasteiger charge is -2.23. The average Bonchev–Trinajstić information content (AvgIpc) is 2.80. The van der Waals surface area contributed by atoms with Crippen LogP contribution in [0.1, 0.15) is 20.7 Å². The van der Waals surface area contributed by atoms with Crippen molar-refractivity contribution in [3.63, 3.8) is 0 Å². The van der Waals surface area contributed by atoms with Crippen molar-refractivity contribution in [2.24, 2.45) is 5.92 Å². The third-order valence-electron chi connectivity index (χ3n) is 3.15. The van der Waals surface area contributed by atoms with Gasteiger partial charge in [0.15, 0.2) is 11.9 Å². The van der Waals surface area contributed by atoms with E-state index in [0.29, 0.717) is 16.9 Å². The Morgan fingerprint density at radius 3 is 2.41 bits per heavy atom. The highest BCUT2D eigenvalue weighted by atomic mass is 16.5. The Morgan fingerprint density at radius 2 is 1.76 bits per heavy atom. The first-order chi connectivity index (χ1) is 8.22. The molecule has 0 N–H and O–H groups in total. The first-order valence-corrected chi connectivity index (χ1v) is 5.41. The second-order valence-electron chi connectivity index (χ2n) is 4.11. The smallest absolute Gasteiger partial charge is 0.205 e. The summed E-state index contributed by atoms with van der Waals surface area (Å²) in [4.78, 5) is 24.4. The van der Waals surface area contributed by atoms with Crippen LogP contribution in [0.4, 0.5) is 0 Å². The lowest BCUT2D eigenvalue weighted by atomic mass is 9.80. The molecule has 3 nitrogen and oxygen atoms in total. The number of hydrogen-bond donors (Lipinski definition) is 0. The molecule has 0 saturated carbocycles. The maximum atomic E-state index is 12.2. The number of rotatable bonds is 1. The highest BCUT2D eigenvalue weighted by Gasteiger charge is 2.45. The van der Waals surface area contributed by atoms with E-state index < -0.39 is 12.0 Å². The van der Waals surface area contributed by atoms with E-state index >= 15 is 0 Å². The standard InChI is InChI=1S/C14H10O3/c1-2-8-7-11-12(15)9-5-3-4-6-10(9)13(16)14(11)17-8/h2-7,11,14H,1H2. The Hall–Kier alpha value is -2.16. The van der Waals surface area contributed by atoms with Crippen LogP contribution in [0.15, 0.2) is 48.8 Å². The molecule has 1 aromatic carbocycles. The minimum atomic E-state index is -0.703. The number of carbonyl (C=O) groups excluding carboxylic acids is 2. The van der Waals surface area contributed by atoms with Gasteiger partial charge in [-0.25, -0.2) is 0 Å². The van der Waals surface area contributed by atoms with Crippen LogP contribution < -0.4 is 0 Å². The molecule has 17 heavy (non-hydrogen) atoms. The third-order valence-corrected chi connectivity index (χ3v) is 3.15. The normalized spacial score (nSPS) is 25.8. The lowest BCUT2D eigenvalue weighted by molar-refractivity contribution is 0.0562. The predicted molar refractivity (Wildman–Crippen MR) is 61.7 cm³/mol. The second-order valence-corrected chi connectivity index (χ2v) is 4.11. The van der Waals surface area contributed by atoms with Crippen LogP contribution >= 0.6 is 0 Å². The van der Waals surface area contributed by atoms with Gasteiger partial charge in [-0.1, -0.05) is 30.8 Å². The highest BCUT2D eigenvalue weighted by Crippen LogP contribution is 2.34. The summed E-state index contributed by atoms with van der Waals surface area (Å²) in [5, 5.41) is 0. The summed E-state index contributed by atoms with van der Waals surface area (Å²) in [7, 11) is 0. The molecule has 1 heterocycles. The summed E-state index contributed by atoms with van der Waals surface area (Å²) >= 11 is 0. The lowest BCUT2D eigenvalue weighted by Crippen LogP contribution is -2.38. The van der Waals surface area contributed by atoms with Crippen LogP contribution in [0.5, 0.6) is 0 Å². The number of ketones is 2. The molecule has 0 amide bonds. The Morgan fingerprint density at radius 1 is 1.12 bits per heavy atom. The maximum Gasteiger partial charge on any atom is 0.205 e. The Kier molecular flexibility index (Phi) is 2.01. The van der Waals surface area contributed by atoms with Gasteiger partial charge in [0.25, 0.3) is 0 Å². The SMILES string of the molecule is C=CC1=CC2C(=O)c3ccccc3C(=O)C2O1. The van der Waals surface area contributed by atoms with Crippen molar-refractivity contribution < 1.29 is 14.3 Å². The molecule has 0 aromatic heterocycles. The highest BCUT2D eigenvalue weighted by molar-refractivity contribution is 6.18. The largest absolute Gasteiger partial charge is 0.481 e. The van der Waals surface area contributed by atoms with Crippen LogP contribution in [-0.2, 0) is 4.74 Å². The molecule has 0 spiro atoms. The van der Waals surface area contributed by atoms with E-state index in [9.17, 15) is 9.59 Å². The Balaban J connectivity index is 2.14. The molecule has 1 aliphatic carbocycles. The van der Waals surface area contributed by atoms with Crippen molar-refractivity contribution in [1.82, 2.24) is 0 Å². The van der Waals surface area contributed by atoms with E-state index in [0.717, 1.165) is 0 Å². The van der Waals surface area contributed by atoms with E-state index in [2.05, 4.69) is 6.58 Å². The first-order valence-electron chi connectivity index (χ1n) is 5.41. The predicted octanol–water partition coefficient (Wildman–Crippen LogP) is 2.15. The molecule has 0 radical (unpaired) electrons. The molecular formula is C14H10O3. The average molecular weight is 226 g/mol. The van der Waals surface area contributed by atoms with Crippen molar-refractivity contribution in [3.05, 3.63) is 59.9 Å². The number of Topliss-reactive ketones (excluding diaryl/α,β-unsaturated/α-hetero) is 2. The van der Waals surface area contributed by atoms with Crippen LogP contribution in [0.25, 0.3) is 0 Å². The fourth-order valence-electron chi connectivity index (χ4n) is 2.32. The summed E-state index contributed by atoms with van der Waals surface area (Å²) in [6.45, 7) is 3.58. The van der Waals surface area contributed by atoms with E-state index in [1.54, 1.807) is 30.3 Å². The van der Waals surface area contributed by atoms with E-state index in [-0.39, 0.29) is 11.6 Å². The van der Waals surface area contributed by atoms with Gasteiger partial charge in [0, 0.05) is 11.1 Å². The summed E-state index contributed by atoms with van der Waals surface area (Å²) in [5.74, 6) is -0.166. The van der Waals surface area contributed by atoms with Gasteiger partial charge in [-0.15, -0.1) is 0 Å². The van der Waals surface area contributed by atoms with Crippen LogP contribution in [0.3, 0.4) is 0 Å². The number of benzene rings is 1. The molecule has 3 rings (SSSR count). The molecule has 1 aromatic rings. The number of allylic oxidation sites excluding steroid dienone is 1. The minimum absolute atomic E-state index is 0.0537. The van der Waals surface area contributed by atoms with Gasteiger partial charge in [0.2, 0.25) is 5.78 Å². The molecule has 2 atom stereocenters. The van der Waals surface area contributed by atoms with Gasteiger partial charge < -0.3 is 4.74 Å². The monoisotopic (exact) mass is 226 g/mol. The molecule has 0 saturated heterocycles. The van der Waals surface area contributed by atoms with Gasteiger partial charge in [0.05, 0.1) is 5.92 Å². The van der Waals surface area contributed by atoms with Crippen molar-refractivity contribution in [2.75, 3.05) is 0 Å². The number of hydrogen-bond acceptors (Lipinski definition) is 3. The first kappa shape index (κ1) is 10.0. The number of ether oxygens (including phenoxy) is 1. The molecule has 84 valence electrons. The summed E-state index contributed by atoms with van der Waals surface area (Å²) < 4.78 is 5.43. The topological polar surface area (TPSA) is 43.4 Å². The Labute approximate surface area is 98.4 Å². The zero-order valence-corrected chi connectivity index (χ0v) is 9.05. The van der Waals surface area contributed by atoms with Gasteiger partial charge in [-0.3, -0.25) is 9.59 Å². The second kappa shape index (κ2) is 3.42. The van der Waals surface area contributed by atoms with Crippen LogP contribution in [0, 0.1) is 5.92 Å². The quantitative estimate of drug-likeness (QED) is 0.736. The zero-order chi connectivity index (χ0) is 12.0. The van der Waals surface area contributed by atoms with Gasteiger partial charge >= 0.3 is 0 Å². The molecule has 0 bridgehead atoms. The molecular weight excluding hydrogens is 216 g/mol. The summed E-state index contributed by atoms with van der Waals surface area (Å²) in [5.41, 5.74) is 0.946. The van der Waals surface area contributed by atoms with Crippen LogP contribution in [-0.4, -0.2) is 17.7 Å². The van der Waals surface area contributed by atoms with Crippen molar-refractivity contribution in [2.45, 2.75) is 6.10 Å². The molecule has 3 heteroatoms. The van der Waals surface area contributed by atoms with Gasteiger partial charge in [-0.05, 0) is 12.2 Å². The Bertz CT molecular complexity index is 569. The summed E-state index contributed by atoms with van der Waals surface area (Å²) in [6, 6.07) is 6.87. The summed E-state index contributed by atoms with van der Waals surface area (Å²) in [6.07, 6.45) is 2.49. The molecule has 2 aliphatic rings. The fraction of sp³-hybridized carbons (Fsp3) is 0.143. The number of carbonyl (C=O) groups is 2. The van der Waals surface area contributed by atoms with E-state index in [4.69, 9.17) is 4.74 Å². The maximum absolute atomic E-state index is 12.2. The third kappa shape index (κ3) is 1.29. The van der Waals surface area contributed by atoms with Gasteiger partial charge in [0.1, 0.15) is 5.76 Å². The number of fused-ring (bicyclic) bond motifs is 2. The minimum Gasteiger partial charge on any atom is -0.481 e. The molecule has 2 unspecified atom stereocenters. The van der Waals surface area contributed by atoms with Crippen LogP contribution in [0.2, 0.25) is 0 Å². The van der Waals surface area contributed by atoms with E-state index in [1.165, 1.54) is 6.08 Å². The van der Waals surface area contributed by atoms with Gasteiger partial charge in [-0.2, -0.15) is 0 Å². The molecule has 0 fully saturated rings. The van der Waals surface area contributed by atoms with Crippen molar-refractivity contribution in [3.8, 4) is 0 Å². The van der Waals surface area contributed by atoms with Crippen molar-refractivity contribution in [1.29, 1.82) is 0 Å². The van der Waals surface area contributed by atoms with Crippen molar-refractivity contribution >= 4 is 11.6 Å². The zero-order valence-electron chi connectivity index (χ0n) is 9.05. The fourth-order valence-corrected chi connectivity index (χ4v) is 2.32. The molecule has 1 aliphatic heterocycles. The van der Waals surface area contributed by atoms with E-state index in [1.807, 2.05) is 0 Å².